The lowest BCUT2D eigenvalue weighted by molar-refractivity contribution is 0.409. The van der Waals surface area contributed by atoms with Crippen LogP contribution in [0.1, 0.15) is 32.0 Å². The number of nitrogens with zero attached hydrogens (tertiary/aromatic N) is 2. The molecule has 0 bridgehead atoms. The zero-order valence-corrected chi connectivity index (χ0v) is 7.22. The van der Waals surface area contributed by atoms with Gasteiger partial charge in [0.15, 0.2) is 5.82 Å². The quantitative estimate of drug-likeness (QED) is 0.652. The predicted molar refractivity (Wildman–Crippen MR) is 40.4 cm³/mol. The monoisotopic (exact) mass is 172 g/mol. The van der Waals surface area contributed by atoms with E-state index in [1.165, 1.54) is 0 Å². The molecule has 0 aliphatic heterocycles. The van der Waals surface area contributed by atoms with Crippen LogP contribution in [0.3, 0.4) is 0 Å². The first-order valence-corrected chi connectivity index (χ1v) is 3.96. The van der Waals surface area contributed by atoms with Crippen LogP contribution in [-0.2, 0) is 0 Å². The zero-order valence-electron chi connectivity index (χ0n) is 6.47. The Labute approximate surface area is 69.7 Å². The van der Waals surface area contributed by atoms with Gasteiger partial charge in [0.1, 0.15) is 0 Å². The Bertz CT molecular complexity index is 282. The molecule has 60 valence electrons. The summed E-state index contributed by atoms with van der Waals surface area (Å²) in [4.78, 5) is 3.96. The summed E-state index contributed by atoms with van der Waals surface area (Å²) in [6.07, 6.45) is 1.13. The first-order valence-electron chi connectivity index (χ1n) is 3.59. The van der Waals surface area contributed by atoms with Crippen molar-refractivity contribution in [2.24, 2.45) is 5.41 Å². The molecule has 0 amide bonds. The molecule has 0 saturated heterocycles. The molecule has 0 radical (unpaired) electrons. The molecule has 0 N–H and O–H groups in total. The van der Waals surface area contributed by atoms with Crippen molar-refractivity contribution in [3.05, 3.63) is 11.2 Å². The molecule has 1 heterocycles. The maximum atomic E-state index is 5.49. The molecule has 1 atom stereocenters. The minimum absolute atomic E-state index is 0.141. The molecular weight excluding hydrogens is 164 g/mol. The minimum atomic E-state index is 0.141. The van der Waals surface area contributed by atoms with Crippen LogP contribution in [0.5, 0.6) is 0 Å². The maximum absolute atomic E-state index is 5.49. The molecule has 0 aromatic carbocycles. The first-order chi connectivity index (χ1) is 5.09. The summed E-state index contributed by atoms with van der Waals surface area (Å²) >= 11 is 5.49. The molecule has 1 unspecified atom stereocenters. The maximum Gasteiger partial charge on any atom is 0.320 e. The average molecular weight is 173 g/mol. The van der Waals surface area contributed by atoms with Gasteiger partial charge in [0, 0.05) is 5.92 Å². The lowest BCUT2D eigenvalue weighted by Gasteiger charge is -1.95. The van der Waals surface area contributed by atoms with Gasteiger partial charge in [0.25, 0.3) is 0 Å². The Kier molecular flexibility index (Phi) is 1.27. The van der Waals surface area contributed by atoms with E-state index in [2.05, 4.69) is 28.5 Å². The topological polar surface area (TPSA) is 38.9 Å². The third-order valence-electron chi connectivity index (χ3n) is 2.24. The molecule has 1 fully saturated rings. The molecule has 1 saturated carbocycles. The van der Waals surface area contributed by atoms with Gasteiger partial charge < -0.3 is 4.52 Å². The van der Waals surface area contributed by atoms with Gasteiger partial charge in [-0.1, -0.05) is 19.0 Å². The fourth-order valence-corrected chi connectivity index (χ4v) is 1.39. The zero-order chi connectivity index (χ0) is 8.06. The highest BCUT2D eigenvalue weighted by atomic mass is 35.5. The van der Waals surface area contributed by atoms with E-state index >= 15 is 0 Å². The molecule has 0 spiro atoms. The number of halogens is 1. The first kappa shape index (κ1) is 7.10. The lowest BCUT2D eigenvalue weighted by Crippen LogP contribution is -1.91. The Hall–Kier alpha value is -0.570. The Morgan fingerprint density at radius 1 is 1.64 bits per heavy atom. The second kappa shape index (κ2) is 1.97. The summed E-state index contributed by atoms with van der Waals surface area (Å²) in [5, 5.41) is 3.90. The van der Waals surface area contributed by atoms with E-state index in [9.17, 15) is 0 Å². The van der Waals surface area contributed by atoms with Crippen LogP contribution in [0, 0.1) is 5.41 Å². The average Bonchev–Trinajstić information content (AvgIpc) is 2.39. The Balaban J connectivity index is 2.20. The fourth-order valence-electron chi connectivity index (χ4n) is 1.26. The Morgan fingerprint density at radius 3 is 2.64 bits per heavy atom. The molecule has 1 aromatic rings. The normalized spacial score (nSPS) is 27.0. The summed E-state index contributed by atoms with van der Waals surface area (Å²) < 4.78 is 4.66. The van der Waals surface area contributed by atoms with Gasteiger partial charge in [-0.2, -0.15) is 4.98 Å². The van der Waals surface area contributed by atoms with Crippen molar-refractivity contribution in [1.82, 2.24) is 10.1 Å². The minimum Gasteiger partial charge on any atom is -0.321 e. The largest absolute Gasteiger partial charge is 0.321 e. The highest BCUT2D eigenvalue weighted by Gasteiger charge is 2.49. The smallest absolute Gasteiger partial charge is 0.320 e. The summed E-state index contributed by atoms with van der Waals surface area (Å²) in [6.45, 7) is 4.36. The molecular formula is C7H9ClN2O. The van der Waals surface area contributed by atoms with E-state index < -0.39 is 0 Å². The van der Waals surface area contributed by atoms with Crippen LogP contribution in [0.15, 0.2) is 4.52 Å². The van der Waals surface area contributed by atoms with Crippen molar-refractivity contribution in [1.29, 1.82) is 0 Å². The predicted octanol–water partition coefficient (Wildman–Crippen LogP) is 2.24. The van der Waals surface area contributed by atoms with Crippen LogP contribution in [0.4, 0.5) is 0 Å². The van der Waals surface area contributed by atoms with Crippen LogP contribution in [0.2, 0.25) is 5.35 Å². The molecule has 4 heteroatoms. The van der Waals surface area contributed by atoms with Gasteiger partial charge in [0.05, 0.1) is 0 Å². The van der Waals surface area contributed by atoms with Gasteiger partial charge in [-0.25, -0.2) is 0 Å². The third kappa shape index (κ3) is 1.13. The highest BCUT2D eigenvalue weighted by Crippen LogP contribution is 2.57. The second-order valence-corrected chi connectivity index (χ2v) is 3.97. The van der Waals surface area contributed by atoms with Crippen LogP contribution >= 0.6 is 11.6 Å². The van der Waals surface area contributed by atoms with Gasteiger partial charge in [0.2, 0.25) is 0 Å². The second-order valence-electron chi connectivity index (χ2n) is 3.65. The van der Waals surface area contributed by atoms with Crippen molar-refractivity contribution in [3.63, 3.8) is 0 Å². The summed E-state index contributed by atoms with van der Waals surface area (Å²) in [5.41, 5.74) is 0.340. The molecule has 1 aliphatic carbocycles. The molecule has 1 aromatic heterocycles. The molecule has 2 rings (SSSR count). The van der Waals surface area contributed by atoms with Crippen molar-refractivity contribution in [2.45, 2.75) is 26.2 Å². The Morgan fingerprint density at radius 2 is 2.27 bits per heavy atom. The van der Waals surface area contributed by atoms with Crippen LogP contribution in [-0.4, -0.2) is 10.1 Å². The van der Waals surface area contributed by atoms with E-state index in [1.54, 1.807) is 0 Å². The van der Waals surface area contributed by atoms with Crippen molar-refractivity contribution in [3.8, 4) is 0 Å². The fraction of sp³-hybridized carbons (Fsp3) is 0.714. The molecule has 11 heavy (non-hydrogen) atoms. The third-order valence-corrected chi connectivity index (χ3v) is 2.40. The van der Waals surface area contributed by atoms with E-state index in [0.717, 1.165) is 12.2 Å². The summed E-state index contributed by atoms with van der Waals surface area (Å²) in [5.74, 6) is 1.19. The molecule has 1 aliphatic rings. The van der Waals surface area contributed by atoms with Crippen molar-refractivity contribution >= 4 is 11.6 Å². The van der Waals surface area contributed by atoms with Gasteiger partial charge in [-0.3, -0.25) is 0 Å². The number of aromatic nitrogens is 2. The van der Waals surface area contributed by atoms with Gasteiger partial charge in [-0.05, 0) is 23.4 Å². The van der Waals surface area contributed by atoms with Gasteiger partial charge in [-0.15, -0.1) is 0 Å². The van der Waals surface area contributed by atoms with Crippen molar-refractivity contribution < 1.29 is 4.52 Å². The summed E-state index contributed by atoms with van der Waals surface area (Å²) in [6, 6.07) is 0. The standard InChI is InChI=1S/C7H9ClN2O/c1-7(2)3-4(7)5-9-6(8)11-10-5/h4H,3H2,1-2H3. The van der Waals surface area contributed by atoms with E-state index in [-0.39, 0.29) is 5.35 Å². The van der Waals surface area contributed by atoms with E-state index in [4.69, 9.17) is 11.6 Å². The SMILES string of the molecule is CC1(C)CC1c1noc(Cl)n1. The van der Waals surface area contributed by atoms with E-state index in [1.807, 2.05) is 0 Å². The summed E-state index contributed by atoms with van der Waals surface area (Å²) in [7, 11) is 0. The van der Waals surface area contributed by atoms with Crippen LogP contribution < -0.4 is 0 Å². The van der Waals surface area contributed by atoms with E-state index in [0.29, 0.717) is 11.3 Å². The number of rotatable bonds is 1. The number of hydrogen-bond acceptors (Lipinski definition) is 3. The van der Waals surface area contributed by atoms with Crippen molar-refractivity contribution in [2.75, 3.05) is 0 Å². The number of hydrogen-bond donors (Lipinski definition) is 0. The lowest BCUT2D eigenvalue weighted by atomic mass is 10.1. The molecule has 3 nitrogen and oxygen atoms in total. The van der Waals surface area contributed by atoms with Gasteiger partial charge >= 0.3 is 5.35 Å². The van der Waals surface area contributed by atoms with Crippen LogP contribution in [0.25, 0.3) is 0 Å². The highest BCUT2D eigenvalue weighted by molar-refractivity contribution is 6.27.